The van der Waals surface area contributed by atoms with Crippen molar-refractivity contribution in [2.24, 2.45) is 0 Å². The number of imide groups is 1. The number of hydrogen-bond donors (Lipinski definition) is 1. The Morgan fingerprint density at radius 1 is 0.824 bits per heavy atom. The highest BCUT2D eigenvalue weighted by Crippen LogP contribution is 2.36. The third kappa shape index (κ3) is 4.22. The Labute approximate surface area is 208 Å². The fourth-order valence-corrected chi connectivity index (χ4v) is 5.41. The maximum Gasteiger partial charge on any atom is 0.261 e. The van der Waals surface area contributed by atoms with Gasteiger partial charge in [0.25, 0.3) is 11.8 Å². The van der Waals surface area contributed by atoms with Crippen LogP contribution in [0.1, 0.15) is 52.0 Å². The molecule has 176 valence electrons. The van der Waals surface area contributed by atoms with Crippen LogP contribution in [0.25, 0.3) is 10.8 Å². The van der Waals surface area contributed by atoms with Crippen LogP contribution in [0.15, 0.2) is 54.6 Å². The lowest BCUT2D eigenvalue weighted by molar-refractivity contribution is -0.0261. The number of rotatable bonds is 6. The molecule has 1 saturated heterocycles. The summed E-state index contributed by atoms with van der Waals surface area (Å²) in [5.41, 5.74) is 1.11. The maximum atomic E-state index is 13.0. The van der Waals surface area contributed by atoms with Gasteiger partial charge in [0.1, 0.15) is 0 Å². The Morgan fingerprint density at radius 3 is 2.06 bits per heavy atom. The number of carbonyl (C=O) groups excluding carboxylic acids is 2. The maximum absolute atomic E-state index is 13.0. The average Bonchev–Trinajstić information content (AvgIpc) is 2.84. The number of benzene rings is 3. The highest BCUT2D eigenvalue weighted by molar-refractivity contribution is 6.42. The van der Waals surface area contributed by atoms with Crippen molar-refractivity contribution in [1.29, 1.82) is 0 Å². The summed E-state index contributed by atoms with van der Waals surface area (Å²) in [7, 11) is 0. The predicted molar refractivity (Wildman–Crippen MR) is 135 cm³/mol. The van der Waals surface area contributed by atoms with Gasteiger partial charge >= 0.3 is 0 Å². The molecule has 0 atom stereocenters. The minimum absolute atomic E-state index is 0.209. The number of hydrogen-bond acceptors (Lipinski definition) is 4. The zero-order valence-corrected chi connectivity index (χ0v) is 20.3. The number of halogens is 2. The molecule has 0 bridgehead atoms. The van der Waals surface area contributed by atoms with Crippen molar-refractivity contribution >= 4 is 45.8 Å². The van der Waals surface area contributed by atoms with Crippen LogP contribution in [0.2, 0.25) is 10.0 Å². The van der Waals surface area contributed by atoms with E-state index in [-0.39, 0.29) is 11.8 Å². The number of aliphatic hydroxyl groups is 1. The van der Waals surface area contributed by atoms with Crippen molar-refractivity contribution in [2.45, 2.75) is 31.3 Å². The van der Waals surface area contributed by atoms with Crippen molar-refractivity contribution in [2.75, 3.05) is 26.2 Å². The monoisotopic (exact) mass is 496 g/mol. The quantitative estimate of drug-likeness (QED) is 0.361. The van der Waals surface area contributed by atoms with Gasteiger partial charge in [-0.3, -0.25) is 14.5 Å². The van der Waals surface area contributed by atoms with E-state index in [0.717, 1.165) is 48.8 Å². The van der Waals surface area contributed by atoms with E-state index >= 15 is 0 Å². The molecule has 2 heterocycles. The molecule has 2 aliphatic heterocycles. The molecular weight excluding hydrogens is 471 g/mol. The third-order valence-electron chi connectivity index (χ3n) is 7.10. The van der Waals surface area contributed by atoms with E-state index in [9.17, 15) is 14.7 Å². The molecule has 7 heteroatoms. The summed E-state index contributed by atoms with van der Waals surface area (Å²) in [4.78, 5) is 29.7. The van der Waals surface area contributed by atoms with Crippen molar-refractivity contribution in [3.8, 4) is 0 Å². The van der Waals surface area contributed by atoms with Gasteiger partial charge in [-0.15, -0.1) is 0 Å². The summed E-state index contributed by atoms with van der Waals surface area (Å²) < 4.78 is 0. The number of unbranched alkanes of at least 4 members (excludes halogenated alkanes) is 1. The van der Waals surface area contributed by atoms with Gasteiger partial charge in [-0.2, -0.15) is 0 Å². The molecule has 0 aliphatic carbocycles. The first-order valence-corrected chi connectivity index (χ1v) is 12.4. The molecule has 5 nitrogen and oxygen atoms in total. The number of likely N-dealkylation sites (tertiary alicyclic amines) is 1. The standard InChI is InChI=1S/C27H26Cl2N2O3/c28-22-10-9-19(17-23(22)29)27(34)11-15-30(16-12-27)13-1-2-14-31-25(32)20-7-3-5-18-6-4-8-21(24(18)20)26(31)33/h3-10,17,34H,1-2,11-16H2. The van der Waals surface area contributed by atoms with Crippen molar-refractivity contribution < 1.29 is 14.7 Å². The van der Waals surface area contributed by atoms with Crippen molar-refractivity contribution in [3.05, 3.63) is 81.3 Å². The van der Waals surface area contributed by atoms with Crippen LogP contribution < -0.4 is 0 Å². The summed E-state index contributed by atoms with van der Waals surface area (Å²) in [5.74, 6) is -0.419. The van der Waals surface area contributed by atoms with E-state index in [1.165, 1.54) is 4.90 Å². The second kappa shape index (κ2) is 9.31. The normalized spacial score (nSPS) is 18.0. The van der Waals surface area contributed by atoms with Crippen molar-refractivity contribution in [3.63, 3.8) is 0 Å². The minimum atomic E-state index is -0.897. The molecule has 2 amide bonds. The van der Waals surface area contributed by atoms with Gasteiger partial charge < -0.3 is 10.0 Å². The second-order valence-corrected chi connectivity index (χ2v) is 9.99. The van der Waals surface area contributed by atoms with Gasteiger partial charge in [0.15, 0.2) is 0 Å². The predicted octanol–water partition coefficient (Wildman–Crippen LogP) is 5.51. The molecule has 0 saturated carbocycles. The topological polar surface area (TPSA) is 60.9 Å². The van der Waals surface area contributed by atoms with Crippen molar-refractivity contribution in [1.82, 2.24) is 9.80 Å². The van der Waals surface area contributed by atoms with Gasteiger partial charge in [-0.1, -0.05) is 53.5 Å². The zero-order valence-electron chi connectivity index (χ0n) is 18.8. The first-order chi connectivity index (χ1) is 16.4. The van der Waals surface area contributed by atoms with E-state index in [2.05, 4.69) is 4.90 Å². The molecule has 5 rings (SSSR count). The minimum Gasteiger partial charge on any atom is -0.385 e. The smallest absolute Gasteiger partial charge is 0.261 e. The summed E-state index contributed by atoms with van der Waals surface area (Å²) >= 11 is 12.1. The molecule has 3 aromatic carbocycles. The third-order valence-corrected chi connectivity index (χ3v) is 7.84. The van der Waals surface area contributed by atoms with Gasteiger partial charge in [-0.05, 0) is 67.4 Å². The van der Waals surface area contributed by atoms with E-state index in [0.29, 0.717) is 40.6 Å². The van der Waals surface area contributed by atoms with E-state index in [4.69, 9.17) is 23.2 Å². The fraction of sp³-hybridized carbons (Fsp3) is 0.333. The lowest BCUT2D eigenvalue weighted by Crippen LogP contribution is -2.43. The molecule has 2 aliphatic rings. The number of piperidine rings is 1. The molecular formula is C27H26Cl2N2O3. The van der Waals surface area contributed by atoms with Crippen LogP contribution in [-0.2, 0) is 5.60 Å². The molecule has 34 heavy (non-hydrogen) atoms. The van der Waals surface area contributed by atoms with Crippen LogP contribution in [0.3, 0.4) is 0 Å². The van der Waals surface area contributed by atoms with Crippen LogP contribution in [0.4, 0.5) is 0 Å². The lowest BCUT2D eigenvalue weighted by atomic mass is 9.84. The Hall–Kier alpha value is -2.44. The number of amides is 2. The van der Waals surface area contributed by atoms with E-state index in [1.54, 1.807) is 24.3 Å². The molecule has 0 aromatic heterocycles. The Kier molecular flexibility index (Phi) is 6.38. The highest BCUT2D eigenvalue weighted by Gasteiger charge is 2.35. The second-order valence-electron chi connectivity index (χ2n) is 9.18. The van der Waals surface area contributed by atoms with Crippen LogP contribution in [0.5, 0.6) is 0 Å². The Balaban J connectivity index is 1.15. The molecule has 1 fully saturated rings. The molecule has 0 unspecified atom stereocenters. The summed E-state index contributed by atoms with van der Waals surface area (Å²) in [6.45, 7) is 2.81. The van der Waals surface area contributed by atoms with E-state index in [1.807, 2.05) is 30.3 Å². The van der Waals surface area contributed by atoms with Crippen LogP contribution >= 0.6 is 23.2 Å². The fourth-order valence-electron chi connectivity index (χ4n) is 5.11. The number of carbonyl (C=O) groups is 2. The lowest BCUT2D eigenvalue weighted by Gasteiger charge is -2.38. The van der Waals surface area contributed by atoms with Crippen LogP contribution in [0, 0.1) is 0 Å². The number of nitrogens with zero attached hydrogens (tertiary/aromatic N) is 2. The van der Waals surface area contributed by atoms with Gasteiger partial charge in [0, 0.05) is 36.1 Å². The largest absolute Gasteiger partial charge is 0.385 e. The van der Waals surface area contributed by atoms with E-state index < -0.39 is 5.60 Å². The van der Waals surface area contributed by atoms with Gasteiger partial charge in [-0.25, -0.2) is 0 Å². The van der Waals surface area contributed by atoms with Gasteiger partial charge in [0.05, 0.1) is 15.6 Å². The molecule has 1 N–H and O–H groups in total. The van der Waals surface area contributed by atoms with Crippen LogP contribution in [-0.4, -0.2) is 52.9 Å². The first-order valence-electron chi connectivity index (χ1n) is 11.7. The molecule has 3 aromatic rings. The molecule has 0 radical (unpaired) electrons. The molecule has 0 spiro atoms. The zero-order chi connectivity index (χ0) is 23.9. The summed E-state index contributed by atoms with van der Waals surface area (Å²) in [6.07, 6.45) is 2.85. The summed E-state index contributed by atoms with van der Waals surface area (Å²) in [5, 5.41) is 13.7. The summed E-state index contributed by atoms with van der Waals surface area (Å²) in [6, 6.07) is 16.5. The highest BCUT2D eigenvalue weighted by atomic mass is 35.5. The Bertz CT molecular complexity index is 1220. The SMILES string of the molecule is O=C1c2cccc3cccc(c23)C(=O)N1CCCCN1CCC(O)(c2ccc(Cl)c(Cl)c2)CC1. The van der Waals surface area contributed by atoms with Gasteiger partial charge in [0.2, 0.25) is 0 Å². The average molecular weight is 497 g/mol. The first kappa shape index (κ1) is 23.3. The Morgan fingerprint density at radius 2 is 1.44 bits per heavy atom.